The summed E-state index contributed by atoms with van der Waals surface area (Å²) in [6, 6.07) is 11.2. The molecule has 0 saturated heterocycles. The zero-order valence-corrected chi connectivity index (χ0v) is 18.2. The van der Waals surface area contributed by atoms with Crippen LogP contribution >= 0.6 is 0 Å². The van der Waals surface area contributed by atoms with Crippen LogP contribution in [0.5, 0.6) is 0 Å². The number of hydrogen-bond acceptors (Lipinski definition) is 3. The fourth-order valence-electron chi connectivity index (χ4n) is 4.72. The average Bonchev–Trinajstić information content (AvgIpc) is 3.51. The number of nitrogens with zero attached hydrogens (tertiary/aromatic N) is 1. The van der Waals surface area contributed by atoms with Crippen LogP contribution in [0, 0.1) is 5.92 Å². The van der Waals surface area contributed by atoms with Crippen molar-refractivity contribution in [2.24, 2.45) is 5.92 Å². The molecule has 30 heavy (non-hydrogen) atoms. The molecule has 1 atom stereocenters. The minimum Gasteiger partial charge on any atom is -0.312 e. The van der Waals surface area contributed by atoms with Crippen LogP contribution in [0.2, 0.25) is 0 Å². The van der Waals surface area contributed by atoms with Gasteiger partial charge in [0.15, 0.2) is 0 Å². The van der Waals surface area contributed by atoms with Gasteiger partial charge in [0, 0.05) is 24.2 Å². The van der Waals surface area contributed by atoms with Gasteiger partial charge in [-0.2, -0.15) is 0 Å². The lowest BCUT2D eigenvalue weighted by atomic mass is 9.89. The lowest BCUT2D eigenvalue weighted by molar-refractivity contribution is -0.119. The fraction of sp³-hybridized carbons (Fsp3) is 0.458. The van der Waals surface area contributed by atoms with Crippen LogP contribution < -0.4 is 9.62 Å². The first-order valence-electron chi connectivity index (χ1n) is 11.0. The topological polar surface area (TPSA) is 66.5 Å². The molecule has 6 heteroatoms. The summed E-state index contributed by atoms with van der Waals surface area (Å²) in [6.45, 7) is 2.54. The van der Waals surface area contributed by atoms with Gasteiger partial charge in [-0.15, -0.1) is 0 Å². The van der Waals surface area contributed by atoms with Gasteiger partial charge in [-0.3, -0.25) is 4.79 Å². The van der Waals surface area contributed by atoms with Crippen LogP contribution in [0.4, 0.5) is 5.69 Å². The zero-order valence-electron chi connectivity index (χ0n) is 17.4. The third kappa shape index (κ3) is 3.67. The highest BCUT2D eigenvalue weighted by Crippen LogP contribution is 2.37. The van der Waals surface area contributed by atoms with E-state index in [1.54, 1.807) is 18.2 Å². The van der Waals surface area contributed by atoms with Gasteiger partial charge in [-0.1, -0.05) is 18.2 Å². The van der Waals surface area contributed by atoms with Crippen LogP contribution in [-0.4, -0.2) is 20.9 Å². The molecule has 158 valence electrons. The third-order valence-electron chi connectivity index (χ3n) is 6.65. The second-order valence-corrected chi connectivity index (χ2v) is 10.6. The van der Waals surface area contributed by atoms with Crippen molar-refractivity contribution in [1.82, 2.24) is 4.72 Å². The second-order valence-electron chi connectivity index (χ2n) is 8.88. The van der Waals surface area contributed by atoms with Crippen molar-refractivity contribution in [3.63, 3.8) is 0 Å². The molecule has 2 aliphatic carbocycles. The molecule has 5 rings (SSSR count). The summed E-state index contributed by atoms with van der Waals surface area (Å²) in [5.74, 6) is 0.349. The molecule has 0 aromatic heterocycles. The molecule has 2 aromatic carbocycles. The van der Waals surface area contributed by atoms with Gasteiger partial charge < -0.3 is 4.90 Å². The van der Waals surface area contributed by atoms with Crippen molar-refractivity contribution in [2.45, 2.75) is 62.8 Å². The van der Waals surface area contributed by atoms with E-state index >= 15 is 0 Å². The quantitative estimate of drug-likeness (QED) is 0.792. The standard InChI is InChI=1S/C24H28N2O3S/c1-16(19-9-6-17-4-2-3-5-20(17)14-19)25-30(28,29)22-10-11-23-21(15-22)12-13-26(23)24(27)18-7-8-18/h6,9-11,14-16,18,25H,2-5,7-8,12-13H2,1H3. The predicted molar refractivity (Wildman–Crippen MR) is 117 cm³/mol. The lowest BCUT2D eigenvalue weighted by Crippen LogP contribution is -2.30. The van der Waals surface area contributed by atoms with Crippen molar-refractivity contribution in [3.8, 4) is 0 Å². The summed E-state index contributed by atoms with van der Waals surface area (Å²) < 4.78 is 28.9. The van der Waals surface area contributed by atoms with Gasteiger partial charge in [0.25, 0.3) is 0 Å². The Labute approximate surface area is 178 Å². The Morgan fingerprint density at radius 3 is 2.53 bits per heavy atom. The van der Waals surface area contributed by atoms with E-state index in [1.807, 2.05) is 17.9 Å². The van der Waals surface area contributed by atoms with Crippen LogP contribution in [0.1, 0.15) is 60.9 Å². The number of rotatable bonds is 5. The van der Waals surface area contributed by atoms with Gasteiger partial charge in [-0.05, 0) is 92.3 Å². The highest BCUT2D eigenvalue weighted by Gasteiger charge is 2.36. The summed E-state index contributed by atoms with van der Waals surface area (Å²) >= 11 is 0. The Balaban J connectivity index is 1.34. The zero-order chi connectivity index (χ0) is 20.9. The van der Waals surface area contributed by atoms with E-state index in [2.05, 4.69) is 16.9 Å². The third-order valence-corrected chi connectivity index (χ3v) is 8.19. The Bertz CT molecular complexity index is 1110. The number of carbonyl (C=O) groups excluding carboxylic acids is 1. The maximum Gasteiger partial charge on any atom is 0.241 e. The molecule has 0 bridgehead atoms. The summed E-state index contributed by atoms with van der Waals surface area (Å²) in [7, 11) is -3.65. The molecule has 2 aromatic rings. The molecule has 1 heterocycles. The van der Waals surface area contributed by atoms with E-state index in [0.29, 0.717) is 13.0 Å². The van der Waals surface area contributed by atoms with Crippen molar-refractivity contribution < 1.29 is 13.2 Å². The summed E-state index contributed by atoms with van der Waals surface area (Å²) in [5, 5.41) is 0. The Morgan fingerprint density at radius 1 is 1.00 bits per heavy atom. The SMILES string of the molecule is CC(NS(=O)(=O)c1ccc2c(c1)CCN2C(=O)C1CC1)c1ccc2c(c1)CCCC2. The van der Waals surface area contributed by atoms with Crippen molar-refractivity contribution in [2.75, 3.05) is 11.4 Å². The van der Waals surface area contributed by atoms with E-state index < -0.39 is 10.0 Å². The average molecular weight is 425 g/mol. The van der Waals surface area contributed by atoms with E-state index in [1.165, 1.54) is 24.0 Å². The maximum atomic E-state index is 13.0. The fourth-order valence-corrected chi connectivity index (χ4v) is 6.00. The molecule has 1 amide bonds. The van der Waals surface area contributed by atoms with E-state index in [4.69, 9.17) is 0 Å². The monoisotopic (exact) mass is 424 g/mol. The number of anilines is 1. The van der Waals surface area contributed by atoms with Crippen LogP contribution in [-0.2, 0) is 34.1 Å². The first-order valence-corrected chi connectivity index (χ1v) is 12.5. The molecule has 1 fully saturated rings. The second kappa shape index (κ2) is 7.50. The number of fused-ring (bicyclic) bond motifs is 2. The van der Waals surface area contributed by atoms with Gasteiger partial charge in [0.05, 0.1) is 4.90 Å². The van der Waals surface area contributed by atoms with E-state index in [-0.39, 0.29) is 22.8 Å². The Morgan fingerprint density at radius 2 is 1.77 bits per heavy atom. The molecule has 1 N–H and O–H groups in total. The molecule has 0 radical (unpaired) electrons. The highest BCUT2D eigenvalue weighted by molar-refractivity contribution is 7.89. The van der Waals surface area contributed by atoms with Crippen LogP contribution in [0.25, 0.3) is 0 Å². The van der Waals surface area contributed by atoms with Gasteiger partial charge in [-0.25, -0.2) is 13.1 Å². The number of amides is 1. The normalized spacial score (nSPS) is 19.3. The first-order chi connectivity index (χ1) is 14.4. The number of carbonyl (C=O) groups is 1. The minimum atomic E-state index is -3.65. The molecular formula is C24H28N2O3S. The van der Waals surface area contributed by atoms with E-state index in [0.717, 1.165) is 42.5 Å². The molecule has 1 aliphatic heterocycles. The number of hydrogen-bond donors (Lipinski definition) is 1. The summed E-state index contributed by atoms with van der Waals surface area (Å²) in [5.41, 5.74) is 5.55. The lowest BCUT2D eigenvalue weighted by Gasteiger charge is -2.20. The number of nitrogens with one attached hydrogen (secondary N) is 1. The van der Waals surface area contributed by atoms with Crippen LogP contribution in [0.3, 0.4) is 0 Å². The number of benzene rings is 2. The summed E-state index contributed by atoms with van der Waals surface area (Å²) in [6.07, 6.45) is 7.28. The molecule has 1 saturated carbocycles. The first kappa shape index (κ1) is 19.8. The molecular weight excluding hydrogens is 396 g/mol. The smallest absolute Gasteiger partial charge is 0.241 e. The molecule has 3 aliphatic rings. The van der Waals surface area contributed by atoms with Crippen molar-refractivity contribution in [1.29, 1.82) is 0 Å². The van der Waals surface area contributed by atoms with Gasteiger partial charge in [0.1, 0.15) is 0 Å². The van der Waals surface area contributed by atoms with Gasteiger partial charge in [0.2, 0.25) is 15.9 Å². The number of aryl methyl sites for hydroxylation is 2. The molecule has 5 nitrogen and oxygen atoms in total. The predicted octanol–water partition coefficient (Wildman–Crippen LogP) is 3.90. The van der Waals surface area contributed by atoms with E-state index in [9.17, 15) is 13.2 Å². The molecule has 1 unspecified atom stereocenters. The highest BCUT2D eigenvalue weighted by atomic mass is 32.2. The molecule has 0 spiro atoms. The summed E-state index contributed by atoms with van der Waals surface area (Å²) in [4.78, 5) is 14.5. The maximum absolute atomic E-state index is 13.0. The van der Waals surface area contributed by atoms with Crippen molar-refractivity contribution in [3.05, 3.63) is 58.7 Å². The number of sulfonamides is 1. The van der Waals surface area contributed by atoms with Crippen LogP contribution in [0.15, 0.2) is 41.3 Å². The Kier molecular flexibility index (Phi) is 4.94. The largest absolute Gasteiger partial charge is 0.312 e. The Hall–Kier alpha value is -2.18. The van der Waals surface area contributed by atoms with Crippen molar-refractivity contribution >= 4 is 21.6 Å². The minimum absolute atomic E-state index is 0.165. The van der Waals surface area contributed by atoms with Gasteiger partial charge >= 0.3 is 0 Å².